The average Bonchev–Trinajstić information content (AvgIpc) is 2.90. The van der Waals surface area contributed by atoms with Crippen LogP contribution >= 0.6 is 0 Å². The number of rotatable bonds is 11. The maximum atomic E-state index is 13.8. The number of ether oxygens (including phenoxy) is 2. The van der Waals surface area contributed by atoms with Gasteiger partial charge in [-0.15, -0.1) is 6.58 Å². The van der Waals surface area contributed by atoms with Crippen LogP contribution in [-0.2, 0) is 14.8 Å². The second-order valence-corrected chi connectivity index (χ2v) is 9.82. The molecule has 0 saturated carbocycles. The van der Waals surface area contributed by atoms with Crippen molar-refractivity contribution in [3.63, 3.8) is 0 Å². The third kappa shape index (κ3) is 6.47. The normalized spacial score (nSPS) is 10.8. The third-order valence-electron chi connectivity index (χ3n) is 5.40. The number of carbonyl (C=O) groups excluding carboxylic acids is 2. The Morgan fingerprint density at radius 3 is 2.35 bits per heavy atom. The van der Waals surface area contributed by atoms with Crippen LogP contribution in [0.2, 0.25) is 0 Å². The number of aryl methyl sites for hydroxylation is 1. The third-order valence-corrected chi connectivity index (χ3v) is 7.18. The van der Waals surface area contributed by atoms with Crippen LogP contribution in [0.4, 0.5) is 11.4 Å². The van der Waals surface area contributed by atoms with Gasteiger partial charge in [0.05, 0.1) is 36.1 Å². The Morgan fingerprint density at radius 2 is 1.70 bits per heavy atom. The maximum Gasteiger partial charge on any atom is 0.264 e. The zero-order valence-corrected chi connectivity index (χ0v) is 21.7. The van der Waals surface area contributed by atoms with E-state index in [1.807, 2.05) is 6.92 Å². The number of methoxy groups -OCH3 is 2. The molecule has 3 aromatic carbocycles. The van der Waals surface area contributed by atoms with Crippen molar-refractivity contribution < 1.29 is 27.5 Å². The number of benzene rings is 3. The number of amides is 2. The molecule has 3 aromatic rings. The Kier molecular flexibility index (Phi) is 8.91. The summed E-state index contributed by atoms with van der Waals surface area (Å²) >= 11 is 0. The molecule has 37 heavy (non-hydrogen) atoms. The molecule has 0 unspecified atom stereocenters. The van der Waals surface area contributed by atoms with Gasteiger partial charge in [0.15, 0.2) is 0 Å². The molecule has 9 nitrogen and oxygen atoms in total. The van der Waals surface area contributed by atoms with E-state index < -0.39 is 28.4 Å². The first kappa shape index (κ1) is 27.3. The first-order chi connectivity index (χ1) is 17.7. The van der Waals surface area contributed by atoms with Crippen molar-refractivity contribution in [1.82, 2.24) is 5.32 Å². The highest BCUT2D eigenvalue weighted by Crippen LogP contribution is 2.35. The summed E-state index contributed by atoms with van der Waals surface area (Å²) in [6.45, 7) is 5.07. The lowest BCUT2D eigenvalue weighted by atomic mass is 10.1. The van der Waals surface area contributed by atoms with Gasteiger partial charge in [-0.3, -0.25) is 13.9 Å². The summed E-state index contributed by atoms with van der Waals surface area (Å²) in [5.74, 6) is -0.461. The summed E-state index contributed by atoms with van der Waals surface area (Å²) in [4.78, 5) is 25.8. The van der Waals surface area contributed by atoms with Crippen LogP contribution in [0.3, 0.4) is 0 Å². The van der Waals surface area contributed by atoms with Gasteiger partial charge < -0.3 is 20.1 Å². The van der Waals surface area contributed by atoms with Gasteiger partial charge in [0.2, 0.25) is 5.91 Å². The molecular formula is C27H29N3O6S. The molecule has 0 spiro atoms. The molecule has 2 N–H and O–H groups in total. The number of nitrogens with zero attached hydrogens (tertiary/aromatic N) is 1. The molecule has 0 radical (unpaired) electrons. The van der Waals surface area contributed by atoms with Crippen LogP contribution in [0.15, 0.2) is 84.3 Å². The van der Waals surface area contributed by atoms with Gasteiger partial charge in [-0.05, 0) is 43.3 Å². The highest BCUT2D eigenvalue weighted by Gasteiger charge is 2.30. The predicted molar refractivity (Wildman–Crippen MR) is 143 cm³/mol. The van der Waals surface area contributed by atoms with Crippen molar-refractivity contribution >= 4 is 33.2 Å². The highest BCUT2D eigenvalue weighted by molar-refractivity contribution is 7.92. The van der Waals surface area contributed by atoms with Gasteiger partial charge in [-0.25, -0.2) is 8.42 Å². The lowest BCUT2D eigenvalue weighted by molar-refractivity contribution is -0.114. The molecular weight excluding hydrogens is 494 g/mol. The molecule has 194 valence electrons. The highest BCUT2D eigenvalue weighted by atomic mass is 32.2. The number of anilines is 2. The molecule has 0 aliphatic rings. The number of sulfonamides is 1. The first-order valence-corrected chi connectivity index (χ1v) is 12.7. The molecule has 0 aromatic heterocycles. The van der Waals surface area contributed by atoms with Gasteiger partial charge in [-0.2, -0.15) is 0 Å². The van der Waals surface area contributed by atoms with Crippen LogP contribution in [0, 0.1) is 6.92 Å². The minimum absolute atomic E-state index is 0.0000223. The van der Waals surface area contributed by atoms with E-state index in [1.54, 1.807) is 48.5 Å². The van der Waals surface area contributed by atoms with E-state index in [-0.39, 0.29) is 34.1 Å². The van der Waals surface area contributed by atoms with E-state index in [1.165, 1.54) is 38.5 Å². The molecule has 10 heteroatoms. The Balaban J connectivity index is 2.02. The standard InChI is InChI=1S/C27H29N3O6S/c1-5-16-28-27(32)22-8-6-7-9-23(22)29-26(31)18-30(24-17-20(35-3)12-15-25(24)36-4)37(33,34)21-13-10-19(2)11-14-21/h5-15,17H,1,16,18H2,2-4H3,(H,28,32)(H,29,31). The Hall–Kier alpha value is -4.31. The molecule has 3 rings (SSSR count). The van der Waals surface area contributed by atoms with E-state index in [2.05, 4.69) is 17.2 Å². The molecule has 0 bridgehead atoms. The van der Waals surface area contributed by atoms with Crippen molar-refractivity contribution in [2.75, 3.05) is 36.9 Å². The Morgan fingerprint density at radius 1 is 1.00 bits per heavy atom. The van der Waals surface area contributed by atoms with Gasteiger partial charge in [0, 0.05) is 12.6 Å². The van der Waals surface area contributed by atoms with Crippen molar-refractivity contribution in [2.45, 2.75) is 11.8 Å². The number of hydrogen-bond donors (Lipinski definition) is 2. The minimum Gasteiger partial charge on any atom is -0.497 e. The lowest BCUT2D eigenvalue weighted by Crippen LogP contribution is -2.38. The topological polar surface area (TPSA) is 114 Å². The van der Waals surface area contributed by atoms with E-state index in [9.17, 15) is 18.0 Å². The SMILES string of the molecule is C=CCNC(=O)c1ccccc1NC(=O)CN(c1cc(OC)ccc1OC)S(=O)(=O)c1ccc(C)cc1. The second kappa shape index (κ2) is 12.1. The summed E-state index contributed by atoms with van der Waals surface area (Å²) in [5.41, 5.74) is 1.46. The number of carbonyl (C=O) groups is 2. The van der Waals surface area contributed by atoms with Gasteiger partial charge >= 0.3 is 0 Å². The zero-order chi connectivity index (χ0) is 27.0. The molecule has 0 aliphatic heterocycles. The summed E-state index contributed by atoms with van der Waals surface area (Å²) in [5, 5.41) is 5.32. The summed E-state index contributed by atoms with van der Waals surface area (Å²) in [6.07, 6.45) is 1.54. The van der Waals surface area contributed by atoms with Crippen LogP contribution in [0.25, 0.3) is 0 Å². The summed E-state index contributed by atoms with van der Waals surface area (Å²) in [6, 6.07) is 17.4. The largest absolute Gasteiger partial charge is 0.497 e. The molecule has 0 heterocycles. The van der Waals surface area contributed by atoms with Crippen molar-refractivity contribution in [1.29, 1.82) is 0 Å². The van der Waals surface area contributed by atoms with Gasteiger partial charge in [0.1, 0.15) is 18.0 Å². The van der Waals surface area contributed by atoms with Gasteiger partial charge in [0.25, 0.3) is 15.9 Å². The zero-order valence-electron chi connectivity index (χ0n) is 20.9. The molecule has 0 fully saturated rings. The average molecular weight is 524 g/mol. The fourth-order valence-corrected chi connectivity index (χ4v) is 4.92. The Labute approximate surface area is 216 Å². The fourth-order valence-electron chi connectivity index (χ4n) is 3.50. The van der Waals surface area contributed by atoms with Crippen molar-refractivity contribution in [3.8, 4) is 11.5 Å². The first-order valence-electron chi connectivity index (χ1n) is 11.3. The van der Waals surface area contributed by atoms with Crippen LogP contribution < -0.4 is 24.4 Å². The quantitative estimate of drug-likeness (QED) is 0.370. The summed E-state index contributed by atoms with van der Waals surface area (Å²) in [7, 11) is -1.35. The van der Waals surface area contributed by atoms with Gasteiger partial charge in [-0.1, -0.05) is 35.9 Å². The smallest absolute Gasteiger partial charge is 0.264 e. The fraction of sp³-hybridized carbons (Fsp3) is 0.185. The summed E-state index contributed by atoms with van der Waals surface area (Å²) < 4.78 is 39.2. The molecule has 0 atom stereocenters. The number of hydrogen-bond acceptors (Lipinski definition) is 6. The molecule has 0 saturated heterocycles. The predicted octanol–water partition coefficient (Wildman–Crippen LogP) is 3.76. The van der Waals surface area contributed by atoms with Crippen LogP contribution in [-0.4, -0.2) is 47.5 Å². The van der Waals surface area contributed by atoms with Crippen molar-refractivity contribution in [2.24, 2.45) is 0 Å². The van der Waals surface area contributed by atoms with E-state index in [4.69, 9.17) is 9.47 Å². The number of para-hydroxylation sites is 1. The number of nitrogens with one attached hydrogen (secondary N) is 2. The maximum absolute atomic E-state index is 13.8. The van der Waals surface area contributed by atoms with Crippen LogP contribution in [0.5, 0.6) is 11.5 Å². The molecule has 0 aliphatic carbocycles. The van der Waals surface area contributed by atoms with E-state index >= 15 is 0 Å². The monoisotopic (exact) mass is 523 g/mol. The lowest BCUT2D eigenvalue weighted by Gasteiger charge is -2.26. The Bertz CT molecular complexity index is 1390. The van der Waals surface area contributed by atoms with E-state index in [0.29, 0.717) is 5.75 Å². The molecule has 2 amide bonds. The second-order valence-electron chi connectivity index (χ2n) is 7.95. The van der Waals surface area contributed by atoms with Crippen molar-refractivity contribution in [3.05, 3.63) is 90.5 Å². The minimum atomic E-state index is -4.21. The van der Waals surface area contributed by atoms with E-state index in [0.717, 1.165) is 9.87 Å². The van der Waals surface area contributed by atoms with Crippen LogP contribution in [0.1, 0.15) is 15.9 Å².